The molecule has 0 aromatic heterocycles. The van der Waals surface area contributed by atoms with E-state index in [0.717, 1.165) is 12.1 Å². The summed E-state index contributed by atoms with van der Waals surface area (Å²) in [7, 11) is -2.15. The molecule has 0 aliphatic carbocycles. The average molecular weight is 462 g/mol. The van der Waals surface area contributed by atoms with Crippen molar-refractivity contribution in [2.45, 2.75) is 18.5 Å². The van der Waals surface area contributed by atoms with Crippen LogP contribution in [0.5, 0.6) is 0 Å². The summed E-state index contributed by atoms with van der Waals surface area (Å²) in [6, 6.07) is 18.1. The Morgan fingerprint density at radius 3 is 2.09 bits per heavy atom. The van der Waals surface area contributed by atoms with Crippen molar-refractivity contribution in [2.75, 3.05) is 7.05 Å². The maximum Gasteiger partial charge on any atom is 0.416 e. The van der Waals surface area contributed by atoms with Crippen LogP contribution in [0.25, 0.3) is 11.1 Å². The molecule has 3 rings (SSSR count). The van der Waals surface area contributed by atoms with E-state index in [1.54, 1.807) is 48.5 Å². The highest BCUT2D eigenvalue weighted by Gasteiger charge is 2.30. The quantitative estimate of drug-likeness (QED) is 0.548. The van der Waals surface area contributed by atoms with Crippen LogP contribution in [-0.4, -0.2) is 21.4 Å². The highest BCUT2D eigenvalue weighted by Crippen LogP contribution is 2.31. The minimum absolute atomic E-state index is 0.0928. The van der Waals surface area contributed by atoms with Crippen molar-refractivity contribution in [3.63, 3.8) is 0 Å². The summed E-state index contributed by atoms with van der Waals surface area (Å²) in [6.07, 6.45) is -4.44. The molecule has 3 aromatic rings. The van der Waals surface area contributed by atoms with E-state index < -0.39 is 27.7 Å². The fourth-order valence-corrected chi connectivity index (χ4v) is 4.03. The zero-order valence-corrected chi connectivity index (χ0v) is 17.9. The summed E-state index contributed by atoms with van der Waals surface area (Å²) in [5, 5.41) is 2.77. The van der Waals surface area contributed by atoms with E-state index in [1.165, 1.54) is 19.2 Å². The van der Waals surface area contributed by atoms with Crippen LogP contribution < -0.4 is 10.0 Å². The summed E-state index contributed by atoms with van der Waals surface area (Å²) >= 11 is 0. The fourth-order valence-electron chi connectivity index (χ4n) is 3.19. The minimum Gasteiger partial charge on any atom is -0.348 e. The van der Waals surface area contributed by atoms with Gasteiger partial charge < -0.3 is 5.32 Å². The summed E-state index contributed by atoms with van der Waals surface area (Å²) in [6.45, 7) is 0.0928. The van der Waals surface area contributed by atoms with Crippen LogP contribution in [0.1, 0.15) is 27.0 Å². The molecule has 32 heavy (non-hydrogen) atoms. The van der Waals surface area contributed by atoms with E-state index in [4.69, 9.17) is 0 Å². The molecule has 2 N–H and O–H groups in total. The molecule has 5 nitrogen and oxygen atoms in total. The molecule has 168 valence electrons. The smallest absolute Gasteiger partial charge is 0.348 e. The zero-order valence-electron chi connectivity index (χ0n) is 17.1. The molecule has 0 saturated heterocycles. The lowest BCUT2D eigenvalue weighted by Crippen LogP contribution is -2.25. The molecule has 0 saturated carbocycles. The van der Waals surface area contributed by atoms with Gasteiger partial charge in [0.25, 0.3) is 5.91 Å². The number of nitrogens with one attached hydrogen (secondary N) is 2. The molecule has 0 heterocycles. The van der Waals surface area contributed by atoms with E-state index >= 15 is 0 Å². The van der Waals surface area contributed by atoms with Crippen LogP contribution >= 0.6 is 0 Å². The number of halogens is 3. The Labute approximate surface area is 184 Å². The van der Waals surface area contributed by atoms with Gasteiger partial charge in [-0.2, -0.15) is 13.2 Å². The van der Waals surface area contributed by atoms with Crippen molar-refractivity contribution in [1.82, 2.24) is 10.0 Å². The number of hydrogen-bond donors (Lipinski definition) is 2. The predicted octanol–water partition coefficient (Wildman–Crippen LogP) is 4.35. The third kappa shape index (κ3) is 5.74. The number of sulfonamides is 1. The first-order valence-electron chi connectivity index (χ1n) is 9.63. The molecule has 3 aromatic carbocycles. The third-order valence-electron chi connectivity index (χ3n) is 4.91. The normalized spacial score (nSPS) is 11.9. The zero-order chi connectivity index (χ0) is 23.4. The number of alkyl halides is 3. The van der Waals surface area contributed by atoms with Gasteiger partial charge in [-0.05, 0) is 47.5 Å². The van der Waals surface area contributed by atoms with Crippen LogP contribution in [0, 0.1) is 0 Å². The van der Waals surface area contributed by atoms with E-state index in [-0.39, 0.29) is 12.3 Å². The van der Waals surface area contributed by atoms with Crippen LogP contribution in [0.4, 0.5) is 13.2 Å². The SMILES string of the molecule is CNS(=O)(=O)Cc1ccccc1CNC(=O)c1ccccc1-c1ccc(C(F)(F)F)cc1. The van der Waals surface area contributed by atoms with Crippen molar-refractivity contribution in [3.05, 3.63) is 95.1 Å². The van der Waals surface area contributed by atoms with E-state index in [2.05, 4.69) is 10.0 Å². The lowest BCUT2D eigenvalue weighted by molar-refractivity contribution is -0.137. The second-order valence-corrected chi connectivity index (χ2v) is 8.96. The van der Waals surface area contributed by atoms with E-state index in [9.17, 15) is 26.4 Å². The van der Waals surface area contributed by atoms with Gasteiger partial charge in [-0.3, -0.25) is 4.79 Å². The number of rotatable bonds is 7. The molecule has 0 fully saturated rings. The Balaban J connectivity index is 1.81. The van der Waals surface area contributed by atoms with Crippen LogP contribution in [-0.2, 0) is 28.5 Å². The van der Waals surface area contributed by atoms with Gasteiger partial charge in [-0.1, -0.05) is 54.6 Å². The van der Waals surface area contributed by atoms with Gasteiger partial charge >= 0.3 is 6.18 Å². The maximum absolute atomic E-state index is 12.9. The fraction of sp³-hybridized carbons (Fsp3) is 0.174. The standard InChI is InChI=1S/C23H21F3N2O3S/c1-27-32(30,31)15-18-7-3-2-6-17(18)14-28-22(29)21-9-5-4-8-20(21)16-10-12-19(13-11-16)23(24,25)26/h2-13,27H,14-15H2,1H3,(H,28,29). The summed E-state index contributed by atoms with van der Waals surface area (Å²) in [5.41, 5.74) is 1.70. The first-order chi connectivity index (χ1) is 15.1. The average Bonchev–Trinajstić information content (AvgIpc) is 2.77. The molecular formula is C23H21F3N2O3S. The molecular weight excluding hydrogens is 441 g/mol. The Kier molecular flexibility index (Phi) is 7.00. The van der Waals surface area contributed by atoms with Crippen LogP contribution in [0.3, 0.4) is 0 Å². The van der Waals surface area contributed by atoms with Gasteiger partial charge in [-0.15, -0.1) is 0 Å². The first kappa shape index (κ1) is 23.5. The molecule has 1 amide bonds. The topological polar surface area (TPSA) is 75.3 Å². The molecule has 0 aliphatic heterocycles. The number of amides is 1. The van der Waals surface area contributed by atoms with Crippen LogP contribution in [0.2, 0.25) is 0 Å². The number of hydrogen-bond acceptors (Lipinski definition) is 3. The third-order valence-corrected chi connectivity index (χ3v) is 6.22. The molecule has 0 spiro atoms. The van der Waals surface area contributed by atoms with Crippen molar-refractivity contribution in [1.29, 1.82) is 0 Å². The van der Waals surface area contributed by atoms with Gasteiger partial charge in [-0.25, -0.2) is 13.1 Å². The number of carbonyl (C=O) groups excluding carboxylic acids is 1. The van der Waals surface area contributed by atoms with Crippen molar-refractivity contribution in [2.24, 2.45) is 0 Å². The molecule has 0 atom stereocenters. The molecule has 9 heteroatoms. The van der Waals surface area contributed by atoms with Gasteiger partial charge in [0, 0.05) is 12.1 Å². The largest absolute Gasteiger partial charge is 0.416 e. The first-order valence-corrected chi connectivity index (χ1v) is 11.3. The molecule has 0 aliphatic rings. The van der Waals surface area contributed by atoms with Crippen LogP contribution in [0.15, 0.2) is 72.8 Å². The lowest BCUT2D eigenvalue weighted by atomic mass is 9.98. The van der Waals surface area contributed by atoms with Crippen molar-refractivity contribution < 1.29 is 26.4 Å². The second kappa shape index (κ2) is 9.54. The maximum atomic E-state index is 12.9. The Morgan fingerprint density at radius 1 is 0.875 bits per heavy atom. The minimum atomic E-state index is -4.44. The van der Waals surface area contributed by atoms with Crippen molar-refractivity contribution in [3.8, 4) is 11.1 Å². The molecule has 0 bridgehead atoms. The number of carbonyl (C=O) groups is 1. The second-order valence-electron chi connectivity index (χ2n) is 7.04. The van der Waals surface area contributed by atoms with E-state index in [0.29, 0.717) is 27.8 Å². The van der Waals surface area contributed by atoms with E-state index in [1.807, 2.05) is 0 Å². The van der Waals surface area contributed by atoms with Gasteiger partial charge in [0.15, 0.2) is 0 Å². The molecule has 0 unspecified atom stereocenters. The number of benzene rings is 3. The summed E-state index contributed by atoms with van der Waals surface area (Å²) in [4.78, 5) is 12.9. The highest BCUT2D eigenvalue weighted by atomic mass is 32.2. The Bertz CT molecular complexity index is 1210. The van der Waals surface area contributed by atoms with Gasteiger partial charge in [0.2, 0.25) is 10.0 Å². The Morgan fingerprint density at radius 2 is 1.47 bits per heavy atom. The van der Waals surface area contributed by atoms with Gasteiger partial charge in [0.1, 0.15) is 0 Å². The molecule has 0 radical (unpaired) electrons. The van der Waals surface area contributed by atoms with Gasteiger partial charge in [0.05, 0.1) is 11.3 Å². The predicted molar refractivity (Wildman–Crippen MR) is 116 cm³/mol. The lowest BCUT2D eigenvalue weighted by Gasteiger charge is -2.13. The monoisotopic (exact) mass is 462 g/mol. The van der Waals surface area contributed by atoms with Crippen molar-refractivity contribution >= 4 is 15.9 Å². The Hall–Kier alpha value is -3.17. The highest BCUT2D eigenvalue weighted by molar-refractivity contribution is 7.88. The summed E-state index contributed by atoms with van der Waals surface area (Å²) in [5.74, 6) is -0.649. The summed E-state index contributed by atoms with van der Waals surface area (Å²) < 4.78 is 64.6.